The van der Waals surface area contributed by atoms with Crippen LogP contribution in [-0.2, 0) is 16.1 Å². The van der Waals surface area contributed by atoms with Gasteiger partial charge in [-0.1, -0.05) is 67.6 Å². The Hall–Kier alpha value is -2.88. The van der Waals surface area contributed by atoms with Gasteiger partial charge in [0.2, 0.25) is 5.76 Å². The van der Waals surface area contributed by atoms with Crippen molar-refractivity contribution < 1.29 is 14.3 Å². The Kier molecular flexibility index (Phi) is 4.24. The maximum atomic E-state index is 12.6. The second kappa shape index (κ2) is 6.48. The van der Waals surface area contributed by atoms with Gasteiger partial charge >= 0.3 is 6.09 Å². The Morgan fingerprint density at radius 1 is 0.957 bits per heavy atom. The first kappa shape index (κ1) is 15.0. The number of allylic oxidation sites excluding steroid dienone is 1. The second-order valence-electron chi connectivity index (χ2n) is 5.27. The molecule has 23 heavy (non-hydrogen) atoms. The molecule has 0 N–H and O–H groups in total. The van der Waals surface area contributed by atoms with Gasteiger partial charge in [0, 0.05) is 5.57 Å². The summed E-state index contributed by atoms with van der Waals surface area (Å²) in [6, 6.07) is 18.9. The zero-order valence-electron chi connectivity index (χ0n) is 12.9. The van der Waals surface area contributed by atoms with Crippen molar-refractivity contribution in [2.45, 2.75) is 19.9 Å². The van der Waals surface area contributed by atoms with Gasteiger partial charge < -0.3 is 4.74 Å². The van der Waals surface area contributed by atoms with Crippen LogP contribution in [0.5, 0.6) is 0 Å². The van der Waals surface area contributed by atoms with E-state index in [-0.39, 0.29) is 18.2 Å². The molecule has 2 aromatic rings. The van der Waals surface area contributed by atoms with E-state index in [4.69, 9.17) is 4.74 Å². The fourth-order valence-corrected chi connectivity index (χ4v) is 2.62. The highest BCUT2D eigenvalue weighted by atomic mass is 16.6. The number of benzene rings is 2. The first-order chi connectivity index (χ1) is 11.2. The predicted molar refractivity (Wildman–Crippen MR) is 87.1 cm³/mol. The summed E-state index contributed by atoms with van der Waals surface area (Å²) < 4.78 is 5.28. The van der Waals surface area contributed by atoms with Crippen molar-refractivity contribution in [2.24, 2.45) is 0 Å². The van der Waals surface area contributed by atoms with Crippen molar-refractivity contribution in [3.63, 3.8) is 0 Å². The van der Waals surface area contributed by atoms with Gasteiger partial charge in [0.05, 0.1) is 6.54 Å². The number of cyclic esters (lactones) is 1. The van der Waals surface area contributed by atoms with Gasteiger partial charge in [-0.25, -0.2) is 9.69 Å². The fraction of sp³-hybridized carbons (Fsp3) is 0.158. The number of nitrogens with zero attached hydrogens (tertiary/aromatic N) is 1. The molecule has 1 aliphatic heterocycles. The van der Waals surface area contributed by atoms with Crippen molar-refractivity contribution in [2.75, 3.05) is 0 Å². The second-order valence-corrected chi connectivity index (χ2v) is 5.27. The molecule has 1 aliphatic rings. The molecule has 116 valence electrons. The molecule has 0 spiro atoms. The average molecular weight is 307 g/mol. The predicted octanol–water partition coefficient (Wildman–Crippen LogP) is 3.99. The van der Waals surface area contributed by atoms with Crippen LogP contribution in [0.4, 0.5) is 4.79 Å². The van der Waals surface area contributed by atoms with Gasteiger partial charge in [0.15, 0.2) is 0 Å². The van der Waals surface area contributed by atoms with Gasteiger partial charge in [-0.2, -0.15) is 0 Å². The van der Waals surface area contributed by atoms with Crippen molar-refractivity contribution in [1.82, 2.24) is 4.90 Å². The minimum Gasteiger partial charge on any atom is -0.404 e. The third kappa shape index (κ3) is 3.01. The van der Waals surface area contributed by atoms with E-state index >= 15 is 0 Å². The molecule has 0 saturated carbocycles. The quantitative estimate of drug-likeness (QED) is 0.802. The number of ether oxygens (including phenoxy) is 1. The molecule has 0 aromatic heterocycles. The highest BCUT2D eigenvalue weighted by molar-refractivity contribution is 6.11. The molecule has 0 radical (unpaired) electrons. The van der Waals surface area contributed by atoms with Crippen LogP contribution in [0.15, 0.2) is 66.4 Å². The number of hydrogen-bond donors (Lipinski definition) is 0. The number of imide groups is 1. The molecule has 1 saturated heterocycles. The summed E-state index contributed by atoms with van der Waals surface area (Å²) in [5.41, 5.74) is 2.53. The van der Waals surface area contributed by atoms with Gasteiger partial charge in [-0.05, 0) is 17.5 Å². The number of rotatable bonds is 4. The van der Waals surface area contributed by atoms with E-state index in [9.17, 15) is 9.59 Å². The summed E-state index contributed by atoms with van der Waals surface area (Å²) in [6.07, 6.45) is -0.00639. The molecule has 2 amide bonds. The minimum atomic E-state index is -0.615. The van der Waals surface area contributed by atoms with Crippen LogP contribution in [-0.4, -0.2) is 16.9 Å². The third-order valence-corrected chi connectivity index (χ3v) is 3.78. The summed E-state index contributed by atoms with van der Waals surface area (Å²) in [5.74, 6) is -0.237. The molecule has 1 heterocycles. The number of carbonyl (C=O) groups is 2. The number of carbonyl (C=O) groups excluding carboxylic acids is 2. The molecule has 0 bridgehead atoms. The van der Waals surface area contributed by atoms with Crippen LogP contribution in [0.25, 0.3) is 5.57 Å². The van der Waals surface area contributed by atoms with E-state index < -0.39 is 6.09 Å². The van der Waals surface area contributed by atoms with Gasteiger partial charge in [-0.15, -0.1) is 0 Å². The van der Waals surface area contributed by atoms with E-state index in [1.54, 1.807) is 0 Å². The number of hydrogen-bond acceptors (Lipinski definition) is 3. The van der Waals surface area contributed by atoms with E-state index in [1.807, 2.05) is 67.6 Å². The highest BCUT2D eigenvalue weighted by Crippen LogP contribution is 2.29. The smallest absolute Gasteiger partial charge is 0.404 e. The number of amides is 2. The van der Waals surface area contributed by atoms with Crippen molar-refractivity contribution in [1.29, 1.82) is 0 Å². The molecule has 0 unspecified atom stereocenters. The molecule has 3 rings (SSSR count). The van der Waals surface area contributed by atoms with Crippen LogP contribution >= 0.6 is 0 Å². The Morgan fingerprint density at radius 2 is 1.57 bits per heavy atom. The van der Waals surface area contributed by atoms with E-state index in [1.165, 1.54) is 0 Å². The van der Waals surface area contributed by atoms with Crippen molar-refractivity contribution >= 4 is 17.6 Å². The summed E-state index contributed by atoms with van der Waals surface area (Å²) >= 11 is 0. The molecule has 4 heteroatoms. The van der Waals surface area contributed by atoms with E-state index in [2.05, 4.69) is 0 Å². The molecule has 0 atom stereocenters. The Morgan fingerprint density at radius 3 is 2.17 bits per heavy atom. The van der Waals surface area contributed by atoms with Crippen LogP contribution in [0.1, 0.15) is 24.5 Å². The van der Waals surface area contributed by atoms with Crippen LogP contribution in [0, 0.1) is 0 Å². The lowest BCUT2D eigenvalue weighted by Crippen LogP contribution is -2.28. The normalized spacial score (nSPS) is 16.5. The Balaban J connectivity index is 1.92. The molecule has 0 aliphatic carbocycles. The highest BCUT2D eigenvalue weighted by Gasteiger charge is 2.38. The molecular formula is C19H17NO3. The van der Waals surface area contributed by atoms with Gasteiger partial charge in [0.1, 0.15) is 0 Å². The zero-order valence-corrected chi connectivity index (χ0v) is 12.9. The molecule has 2 aromatic carbocycles. The lowest BCUT2D eigenvalue weighted by atomic mass is 10.0. The molecule has 1 fully saturated rings. The summed E-state index contributed by atoms with van der Waals surface area (Å²) in [6.45, 7) is 2.16. The SMILES string of the molecule is CC/C(=C1\OC(=O)N(Cc2ccccc2)C1=O)c1ccccc1. The first-order valence-electron chi connectivity index (χ1n) is 7.57. The maximum Gasteiger partial charge on any atom is 0.422 e. The fourth-order valence-electron chi connectivity index (χ4n) is 2.62. The maximum absolute atomic E-state index is 12.6. The van der Waals surface area contributed by atoms with E-state index in [0.717, 1.165) is 21.6 Å². The first-order valence-corrected chi connectivity index (χ1v) is 7.57. The van der Waals surface area contributed by atoms with Crippen molar-refractivity contribution in [3.05, 3.63) is 77.5 Å². The van der Waals surface area contributed by atoms with E-state index in [0.29, 0.717) is 6.42 Å². The standard InChI is InChI=1S/C19H17NO3/c1-2-16(15-11-7-4-8-12-15)17-18(21)20(19(22)23-17)13-14-9-5-3-6-10-14/h3-12H,2,13H2,1H3/b17-16+. The summed E-state index contributed by atoms with van der Waals surface area (Å²) in [5, 5.41) is 0. The van der Waals surface area contributed by atoms with Crippen LogP contribution in [0.2, 0.25) is 0 Å². The average Bonchev–Trinajstić information content (AvgIpc) is 2.86. The molecular weight excluding hydrogens is 290 g/mol. The topological polar surface area (TPSA) is 46.6 Å². The summed E-state index contributed by atoms with van der Waals surface area (Å²) in [7, 11) is 0. The zero-order chi connectivity index (χ0) is 16.2. The minimum absolute atomic E-state index is 0.139. The van der Waals surface area contributed by atoms with Crippen molar-refractivity contribution in [3.8, 4) is 0 Å². The molecule has 4 nitrogen and oxygen atoms in total. The largest absolute Gasteiger partial charge is 0.422 e. The monoisotopic (exact) mass is 307 g/mol. The van der Waals surface area contributed by atoms with Gasteiger partial charge in [-0.3, -0.25) is 4.79 Å². The third-order valence-electron chi connectivity index (χ3n) is 3.78. The lowest BCUT2D eigenvalue weighted by Gasteiger charge is -2.10. The summed E-state index contributed by atoms with van der Waals surface area (Å²) in [4.78, 5) is 25.9. The lowest BCUT2D eigenvalue weighted by molar-refractivity contribution is -0.123. The van der Waals surface area contributed by atoms with Crippen LogP contribution < -0.4 is 0 Å². The Labute approximate surface area is 135 Å². The Bertz CT molecular complexity index is 751. The van der Waals surface area contributed by atoms with Crippen LogP contribution in [0.3, 0.4) is 0 Å². The van der Waals surface area contributed by atoms with Gasteiger partial charge in [0.25, 0.3) is 5.91 Å².